The molecule has 0 spiro atoms. The summed E-state index contributed by atoms with van der Waals surface area (Å²) in [5.41, 5.74) is 7.68. The molecular weight excluding hydrogens is 278 g/mol. The van der Waals surface area contributed by atoms with Gasteiger partial charge in [0.15, 0.2) is 0 Å². The molecule has 2 atom stereocenters. The van der Waals surface area contributed by atoms with Gasteiger partial charge in [-0.05, 0) is 50.5 Å². The van der Waals surface area contributed by atoms with Gasteiger partial charge < -0.3 is 10.6 Å². The van der Waals surface area contributed by atoms with Crippen LogP contribution >= 0.6 is 0 Å². The number of likely N-dealkylation sites (tertiary alicyclic amines) is 1. The van der Waals surface area contributed by atoms with E-state index < -0.39 is 0 Å². The van der Waals surface area contributed by atoms with Crippen molar-refractivity contribution in [3.63, 3.8) is 0 Å². The first-order valence-corrected chi connectivity index (χ1v) is 7.68. The van der Waals surface area contributed by atoms with Crippen molar-refractivity contribution in [1.82, 2.24) is 19.7 Å². The molecule has 1 aromatic heterocycles. The molecule has 1 saturated heterocycles. The van der Waals surface area contributed by atoms with Crippen molar-refractivity contribution in [2.45, 2.75) is 38.3 Å². The maximum Gasteiger partial charge on any atom is 0.254 e. The number of nitrogens with two attached hydrogens (primary N) is 1. The number of amides is 1. The highest BCUT2D eigenvalue weighted by molar-refractivity contribution is 5.94. The first kappa shape index (κ1) is 14.7. The monoisotopic (exact) mass is 299 g/mol. The van der Waals surface area contributed by atoms with Crippen molar-refractivity contribution in [3.05, 3.63) is 42.5 Å². The van der Waals surface area contributed by atoms with E-state index in [-0.39, 0.29) is 18.0 Å². The molecule has 0 bridgehead atoms. The summed E-state index contributed by atoms with van der Waals surface area (Å²) in [6.07, 6.45) is 6.44. The van der Waals surface area contributed by atoms with Crippen LogP contribution in [0, 0.1) is 0 Å². The molecule has 1 fully saturated rings. The SMILES string of the molecule is C[C@H](N)[C@@H]1CCCCN1C(=O)c1ccc(-n2cnnc2)cc1. The predicted octanol–water partition coefficient (Wildman–Crippen LogP) is 1.61. The number of hydrogen-bond donors (Lipinski definition) is 1. The molecule has 6 heteroatoms. The average Bonchev–Trinajstić information content (AvgIpc) is 3.09. The summed E-state index contributed by atoms with van der Waals surface area (Å²) < 4.78 is 1.81. The molecule has 6 nitrogen and oxygen atoms in total. The minimum atomic E-state index is 0.000506. The van der Waals surface area contributed by atoms with Crippen LogP contribution in [0.4, 0.5) is 0 Å². The van der Waals surface area contributed by atoms with Crippen molar-refractivity contribution in [3.8, 4) is 5.69 Å². The largest absolute Gasteiger partial charge is 0.334 e. The van der Waals surface area contributed by atoms with Crippen molar-refractivity contribution in [2.24, 2.45) is 5.73 Å². The molecule has 0 unspecified atom stereocenters. The van der Waals surface area contributed by atoms with E-state index in [2.05, 4.69) is 10.2 Å². The maximum absolute atomic E-state index is 12.8. The Morgan fingerprint density at radius 3 is 2.55 bits per heavy atom. The molecule has 2 aromatic rings. The first-order chi connectivity index (χ1) is 10.7. The van der Waals surface area contributed by atoms with Gasteiger partial charge in [0.05, 0.1) is 0 Å². The number of carbonyl (C=O) groups is 1. The van der Waals surface area contributed by atoms with Crippen LogP contribution in [0.25, 0.3) is 5.69 Å². The zero-order chi connectivity index (χ0) is 15.5. The van der Waals surface area contributed by atoms with Crippen molar-refractivity contribution < 1.29 is 4.79 Å². The highest BCUT2D eigenvalue weighted by Gasteiger charge is 2.29. The first-order valence-electron chi connectivity index (χ1n) is 7.68. The Kier molecular flexibility index (Phi) is 4.20. The highest BCUT2D eigenvalue weighted by Crippen LogP contribution is 2.22. The number of aromatic nitrogens is 3. The van der Waals surface area contributed by atoms with Gasteiger partial charge in [0, 0.05) is 29.9 Å². The normalized spacial score (nSPS) is 19.9. The molecule has 2 heterocycles. The molecule has 116 valence electrons. The fourth-order valence-electron chi connectivity index (χ4n) is 3.03. The van der Waals surface area contributed by atoms with Crippen molar-refractivity contribution in [1.29, 1.82) is 0 Å². The Balaban J connectivity index is 1.79. The highest BCUT2D eigenvalue weighted by atomic mass is 16.2. The summed E-state index contributed by atoms with van der Waals surface area (Å²) in [4.78, 5) is 14.7. The van der Waals surface area contributed by atoms with E-state index in [4.69, 9.17) is 5.73 Å². The fraction of sp³-hybridized carbons (Fsp3) is 0.438. The molecule has 1 aromatic carbocycles. The Labute approximate surface area is 129 Å². The van der Waals surface area contributed by atoms with Gasteiger partial charge in [-0.25, -0.2) is 0 Å². The topological polar surface area (TPSA) is 77.0 Å². The van der Waals surface area contributed by atoms with Gasteiger partial charge in [-0.15, -0.1) is 10.2 Å². The van der Waals surface area contributed by atoms with Crippen LogP contribution in [-0.4, -0.2) is 44.2 Å². The second kappa shape index (κ2) is 6.27. The van der Waals surface area contributed by atoms with Crippen molar-refractivity contribution in [2.75, 3.05) is 6.54 Å². The molecule has 3 rings (SSSR count). The fourth-order valence-corrected chi connectivity index (χ4v) is 3.03. The van der Waals surface area contributed by atoms with E-state index in [0.717, 1.165) is 31.5 Å². The van der Waals surface area contributed by atoms with Crippen molar-refractivity contribution >= 4 is 5.91 Å². The number of carbonyl (C=O) groups excluding carboxylic acids is 1. The maximum atomic E-state index is 12.8. The van der Waals surface area contributed by atoms with Gasteiger partial charge in [0.25, 0.3) is 5.91 Å². The quantitative estimate of drug-likeness (QED) is 0.934. The number of piperidine rings is 1. The van der Waals surface area contributed by atoms with E-state index >= 15 is 0 Å². The summed E-state index contributed by atoms with van der Waals surface area (Å²) in [5, 5.41) is 7.57. The standard InChI is InChI=1S/C16H21N5O/c1-12(17)15-4-2-3-9-21(15)16(22)13-5-7-14(8-6-13)20-10-18-19-11-20/h5-8,10-12,15H,2-4,9,17H2,1H3/t12-,15-/m0/s1. The number of hydrogen-bond acceptors (Lipinski definition) is 4. The third-order valence-corrected chi connectivity index (χ3v) is 4.25. The summed E-state index contributed by atoms with van der Waals surface area (Å²) >= 11 is 0. The molecule has 0 radical (unpaired) electrons. The lowest BCUT2D eigenvalue weighted by molar-refractivity contribution is 0.0584. The van der Waals surface area contributed by atoms with Crippen LogP contribution in [0.15, 0.2) is 36.9 Å². The summed E-state index contributed by atoms with van der Waals surface area (Å²) in [5.74, 6) is 0.0670. The number of benzene rings is 1. The van der Waals surface area contributed by atoms with Crippen LogP contribution in [0.1, 0.15) is 36.5 Å². The molecule has 22 heavy (non-hydrogen) atoms. The van der Waals surface area contributed by atoms with Gasteiger partial charge in [-0.3, -0.25) is 9.36 Å². The van der Waals surface area contributed by atoms with Crippen LogP contribution in [0.5, 0.6) is 0 Å². The summed E-state index contributed by atoms with van der Waals surface area (Å²) in [6, 6.07) is 7.65. The summed E-state index contributed by atoms with van der Waals surface area (Å²) in [7, 11) is 0. The van der Waals surface area contributed by atoms with Crippen LogP contribution in [0.2, 0.25) is 0 Å². The lowest BCUT2D eigenvalue weighted by Crippen LogP contribution is -2.51. The Morgan fingerprint density at radius 1 is 1.23 bits per heavy atom. The molecule has 0 saturated carbocycles. The lowest BCUT2D eigenvalue weighted by Gasteiger charge is -2.38. The van der Waals surface area contributed by atoms with E-state index in [1.165, 1.54) is 0 Å². The second-order valence-corrected chi connectivity index (χ2v) is 5.84. The van der Waals surface area contributed by atoms with Gasteiger partial charge in [-0.1, -0.05) is 0 Å². The predicted molar refractivity (Wildman–Crippen MR) is 83.7 cm³/mol. The molecule has 1 amide bonds. The minimum Gasteiger partial charge on any atom is -0.334 e. The third kappa shape index (κ3) is 2.87. The van der Waals surface area contributed by atoms with E-state index in [1.807, 2.05) is 36.1 Å². The lowest BCUT2D eigenvalue weighted by atomic mass is 9.96. The van der Waals surface area contributed by atoms with Gasteiger partial charge in [-0.2, -0.15) is 0 Å². The third-order valence-electron chi connectivity index (χ3n) is 4.25. The Morgan fingerprint density at radius 2 is 1.91 bits per heavy atom. The Bertz CT molecular complexity index is 620. The second-order valence-electron chi connectivity index (χ2n) is 5.84. The van der Waals surface area contributed by atoms with Gasteiger partial charge in [0.2, 0.25) is 0 Å². The van der Waals surface area contributed by atoms with Crippen LogP contribution in [-0.2, 0) is 0 Å². The number of rotatable bonds is 3. The van der Waals surface area contributed by atoms with Gasteiger partial charge in [0.1, 0.15) is 12.7 Å². The number of nitrogens with zero attached hydrogens (tertiary/aromatic N) is 4. The van der Waals surface area contributed by atoms with E-state index in [1.54, 1.807) is 17.2 Å². The zero-order valence-corrected chi connectivity index (χ0v) is 12.7. The van der Waals surface area contributed by atoms with E-state index in [0.29, 0.717) is 5.56 Å². The molecule has 1 aliphatic heterocycles. The molecular formula is C16H21N5O. The average molecular weight is 299 g/mol. The van der Waals surface area contributed by atoms with E-state index in [9.17, 15) is 4.79 Å². The van der Waals surface area contributed by atoms with Crippen LogP contribution in [0.3, 0.4) is 0 Å². The Hall–Kier alpha value is -2.21. The van der Waals surface area contributed by atoms with Crippen LogP contribution < -0.4 is 5.73 Å². The smallest absolute Gasteiger partial charge is 0.254 e. The van der Waals surface area contributed by atoms with Gasteiger partial charge >= 0.3 is 0 Å². The zero-order valence-electron chi connectivity index (χ0n) is 12.7. The molecule has 1 aliphatic rings. The molecule has 2 N–H and O–H groups in total. The summed E-state index contributed by atoms with van der Waals surface area (Å²) in [6.45, 7) is 2.77. The molecule has 0 aliphatic carbocycles. The minimum absolute atomic E-state index is 0.000506.